The van der Waals surface area contributed by atoms with Crippen LogP contribution in [0.4, 0.5) is 4.39 Å². The number of ether oxygens (including phenoxy) is 1. The summed E-state index contributed by atoms with van der Waals surface area (Å²) in [5, 5.41) is 0.387. The fourth-order valence-corrected chi connectivity index (χ4v) is 1.10. The Morgan fingerprint density at radius 3 is 2.86 bits per heavy atom. The lowest BCUT2D eigenvalue weighted by atomic mass is 10.2. The zero-order valence-corrected chi connectivity index (χ0v) is 8.72. The van der Waals surface area contributed by atoms with E-state index in [4.69, 9.17) is 22.1 Å². The second-order valence-corrected chi connectivity index (χ2v) is 3.53. The average Bonchev–Trinajstić information content (AvgIpc) is 2.16. The monoisotopic (exact) mass is 217 g/mol. The van der Waals surface area contributed by atoms with Gasteiger partial charge in [0.1, 0.15) is 5.82 Å². The molecule has 0 saturated heterocycles. The molecule has 1 aromatic rings. The highest BCUT2D eigenvalue weighted by atomic mass is 35.5. The minimum atomic E-state index is -0.346. The van der Waals surface area contributed by atoms with Gasteiger partial charge in [0.25, 0.3) is 0 Å². The Labute approximate surface area is 87.8 Å². The summed E-state index contributed by atoms with van der Waals surface area (Å²) < 4.78 is 18.5. The van der Waals surface area contributed by atoms with Crippen molar-refractivity contribution in [3.63, 3.8) is 0 Å². The Hall–Kier alpha value is -0.640. The van der Waals surface area contributed by atoms with Crippen LogP contribution in [0.15, 0.2) is 18.2 Å². The van der Waals surface area contributed by atoms with Gasteiger partial charge in [-0.2, -0.15) is 0 Å². The summed E-state index contributed by atoms with van der Waals surface area (Å²) in [6.07, 6.45) is -0.0647. The van der Waals surface area contributed by atoms with Gasteiger partial charge in [-0.05, 0) is 19.1 Å². The van der Waals surface area contributed by atoms with Gasteiger partial charge < -0.3 is 10.5 Å². The topological polar surface area (TPSA) is 35.2 Å². The molecule has 0 aliphatic heterocycles. The predicted octanol–water partition coefficient (Wildman–Crippen LogP) is 2.34. The first-order valence-corrected chi connectivity index (χ1v) is 4.77. The van der Waals surface area contributed by atoms with Crippen LogP contribution < -0.4 is 5.73 Å². The Balaban J connectivity index is 2.59. The average molecular weight is 218 g/mol. The number of nitrogens with two attached hydrogens (primary N) is 1. The van der Waals surface area contributed by atoms with Crippen molar-refractivity contribution in [1.29, 1.82) is 0 Å². The van der Waals surface area contributed by atoms with Crippen molar-refractivity contribution in [2.45, 2.75) is 19.6 Å². The number of halogens is 2. The molecule has 0 aliphatic carbocycles. The van der Waals surface area contributed by atoms with E-state index < -0.39 is 0 Å². The van der Waals surface area contributed by atoms with Gasteiger partial charge in [0.15, 0.2) is 0 Å². The van der Waals surface area contributed by atoms with Crippen LogP contribution in [0, 0.1) is 5.82 Å². The summed E-state index contributed by atoms with van der Waals surface area (Å²) in [6.45, 7) is 2.49. The fraction of sp³-hybridized carbons (Fsp3) is 0.400. The van der Waals surface area contributed by atoms with Crippen molar-refractivity contribution in [2.75, 3.05) is 6.54 Å². The Kier molecular flexibility index (Phi) is 4.32. The first kappa shape index (κ1) is 11.4. The fourth-order valence-electron chi connectivity index (χ4n) is 0.939. The molecule has 0 spiro atoms. The van der Waals surface area contributed by atoms with Gasteiger partial charge in [0.2, 0.25) is 0 Å². The predicted molar refractivity (Wildman–Crippen MR) is 54.7 cm³/mol. The highest BCUT2D eigenvalue weighted by Crippen LogP contribution is 2.15. The zero-order chi connectivity index (χ0) is 10.6. The van der Waals surface area contributed by atoms with Crippen molar-refractivity contribution >= 4 is 11.6 Å². The number of rotatable bonds is 4. The number of hydrogen-bond donors (Lipinski definition) is 1. The van der Waals surface area contributed by atoms with Crippen LogP contribution in [0.25, 0.3) is 0 Å². The van der Waals surface area contributed by atoms with E-state index in [0.29, 0.717) is 17.1 Å². The lowest BCUT2D eigenvalue weighted by molar-refractivity contribution is 0.0573. The van der Waals surface area contributed by atoms with Crippen molar-refractivity contribution in [2.24, 2.45) is 5.73 Å². The third-order valence-electron chi connectivity index (χ3n) is 1.87. The molecule has 1 rings (SSSR count). The Morgan fingerprint density at radius 1 is 1.57 bits per heavy atom. The first-order valence-electron chi connectivity index (χ1n) is 4.39. The van der Waals surface area contributed by atoms with Crippen LogP contribution in [-0.4, -0.2) is 12.6 Å². The van der Waals surface area contributed by atoms with Crippen LogP contribution >= 0.6 is 11.6 Å². The lowest BCUT2D eigenvalue weighted by Crippen LogP contribution is -2.19. The van der Waals surface area contributed by atoms with Crippen LogP contribution in [0.1, 0.15) is 12.5 Å². The molecule has 2 nitrogen and oxygen atoms in total. The normalized spacial score (nSPS) is 12.9. The molecule has 1 atom stereocenters. The maximum Gasteiger partial charge on any atom is 0.130 e. The van der Waals surface area contributed by atoms with E-state index in [0.717, 1.165) is 0 Å². The molecular formula is C10H13ClFNO. The molecule has 0 bridgehead atoms. The molecular weight excluding hydrogens is 205 g/mol. The summed E-state index contributed by atoms with van der Waals surface area (Å²) in [7, 11) is 0. The molecule has 1 aromatic carbocycles. The standard InChI is InChI=1S/C10H13ClFNO/c1-7(5-13)14-6-8-2-3-9(11)4-10(8)12/h2-4,7H,5-6,13H2,1H3. The third-order valence-corrected chi connectivity index (χ3v) is 2.11. The van der Waals surface area contributed by atoms with Crippen molar-refractivity contribution in [3.8, 4) is 0 Å². The molecule has 2 N–H and O–H groups in total. The molecule has 0 amide bonds. The maximum atomic E-state index is 13.2. The van der Waals surface area contributed by atoms with E-state index in [1.165, 1.54) is 6.07 Å². The Bertz CT molecular complexity index is 306. The van der Waals surface area contributed by atoms with Gasteiger partial charge in [-0.1, -0.05) is 17.7 Å². The van der Waals surface area contributed by atoms with Crippen LogP contribution in [-0.2, 0) is 11.3 Å². The van der Waals surface area contributed by atoms with Crippen molar-refractivity contribution in [3.05, 3.63) is 34.6 Å². The van der Waals surface area contributed by atoms with Gasteiger partial charge >= 0.3 is 0 Å². The van der Waals surface area contributed by atoms with Crippen LogP contribution in [0.3, 0.4) is 0 Å². The summed E-state index contributed by atoms with van der Waals surface area (Å²) >= 11 is 5.61. The van der Waals surface area contributed by atoms with E-state index in [1.807, 2.05) is 6.92 Å². The molecule has 0 aromatic heterocycles. The molecule has 0 saturated carbocycles. The van der Waals surface area contributed by atoms with Gasteiger partial charge in [0, 0.05) is 17.1 Å². The van der Waals surface area contributed by atoms with E-state index in [9.17, 15) is 4.39 Å². The third kappa shape index (κ3) is 3.25. The molecule has 0 fully saturated rings. The number of hydrogen-bond acceptors (Lipinski definition) is 2. The van der Waals surface area contributed by atoms with Crippen LogP contribution in [0.2, 0.25) is 5.02 Å². The Morgan fingerprint density at radius 2 is 2.29 bits per heavy atom. The minimum Gasteiger partial charge on any atom is -0.372 e. The minimum absolute atomic E-state index is 0.0647. The lowest BCUT2D eigenvalue weighted by Gasteiger charge is -2.10. The maximum absolute atomic E-state index is 13.2. The summed E-state index contributed by atoms with van der Waals surface area (Å²) in [6, 6.07) is 4.52. The molecule has 0 heterocycles. The molecule has 14 heavy (non-hydrogen) atoms. The van der Waals surface area contributed by atoms with E-state index in [1.54, 1.807) is 12.1 Å². The van der Waals surface area contributed by atoms with Gasteiger partial charge in [-0.15, -0.1) is 0 Å². The zero-order valence-electron chi connectivity index (χ0n) is 7.97. The highest BCUT2D eigenvalue weighted by Gasteiger charge is 2.05. The number of benzene rings is 1. The molecule has 0 aliphatic rings. The highest BCUT2D eigenvalue weighted by molar-refractivity contribution is 6.30. The second kappa shape index (κ2) is 5.29. The molecule has 0 radical (unpaired) electrons. The van der Waals surface area contributed by atoms with Gasteiger partial charge in [0.05, 0.1) is 12.7 Å². The molecule has 1 unspecified atom stereocenters. The SMILES string of the molecule is CC(CN)OCc1ccc(Cl)cc1F. The van der Waals surface area contributed by atoms with E-state index >= 15 is 0 Å². The summed E-state index contributed by atoms with van der Waals surface area (Å²) in [4.78, 5) is 0. The first-order chi connectivity index (χ1) is 6.63. The summed E-state index contributed by atoms with van der Waals surface area (Å²) in [5.74, 6) is -0.346. The smallest absolute Gasteiger partial charge is 0.130 e. The van der Waals surface area contributed by atoms with E-state index in [2.05, 4.69) is 0 Å². The van der Waals surface area contributed by atoms with Crippen LogP contribution in [0.5, 0.6) is 0 Å². The largest absolute Gasteiger partial charge is 0.372 e. The second-order valence-electron chi connectivity index (χ2n) is 3.09. The molecule has 78 valence electrons. The van der Waals surface area contributed by atoms with Gasteiger partial charge in [-0.3, -0.25) is 0 Å². The molecule has 4 heteroatoms. The quantitative estimate of drug-likeness (QED) is 0.840. The summed E-state index contributed by atoms with van der Waals surface area (Å²) in [5.41, 5.74) is 5.85. The van der Waals surface area contributed by atoms with E-state index in [-0.39, 0.29) is 18.5 Å². The van der Waals surface area contributed by atoms with Crippen molar-refractivity contribution < 1.29 is 9.13 Å². The van der Waals surface area contributed by atoms with Crippen molar-refractivity contribution in [1.82, 2.24) is 0 Å². The van der Waals surface area contributed by atoms with Gasteiger partial charge in [-0.25, -0.2) is 4.39 Å².